The van der Waals surface area contributed by atoms with Gasteiger partial charge in [-0.3, -0.25) is 20.4 Å². The molecule has 2 amide bonds. The molecule has 1 aromatic heterocycles. The Morgan fingerprint density at radius 1 is 1.04 bits per heavy atom. The first-order chi connectivity index (χ1) is 12.5. The molecular weight excluding hydrogens is 343 g/mol. The minimum atomic E-state index is -0.688. The summed E-state index contributed by atoms with van der Waals surface area (Å²) >= 11 is 0. The summed E-state index contributed by atoms with van der Waals surface area (Å²) in [4.78, 5) is 24.5. The van der Waals surface area contributed by atoms with E-state index in [-0.39, 0.29) is 23.7 Å². The Kier molecular flexibility index (Phi) is 3.72. The molecule has 2 heterocycles. The maximum atomic E-state index is 13.8. The second kappa shape index (κ2) is 6.07. The fraction of sp³-hybridized carbons (Fsp3) is 0.111. The number of amides is 2. The Bertz CT molecular complexity index is 1040. The molecule has 132 valence electrons. The number of halogens is 1. The summed E-state index contributed by atoms with van der Waals surface area (Å²) < 4.78 is 29.5. The highest BCUT2D eigenvalue weighted by Gasteiger charge is 2.21. The lowest BCUT2D eigenvalue weighted by atomic mass is 10.1. The zero-order valence-corrected chi connectivity index (χ0v) is 13.6. The van der Waals surface area contributed by atoms with Gasteiger partial charge in [0.2, 0.25) is 6.79 Å². The second-order valence-corrected chi connectivity index (χ2v) is 5.65. The lowest BCUT2D eigenvalue weighted by Gasteiger charge is -2.07. The molecule has 0 fully saturated rings. The Hall–Kier alpha value is -3.55. The molecule has 0 radical (unpaired) electrons. The maximum Gasteiger partial charge on any atom is 0.305 e. The molecule has 0 atom stereocenters. The number of para-hydroxylation sites is 1. The smallest absolute Gasteiger partial charge is 0.305 e. The van der Waals surface area contributed by atoms with Gasteiger partial charge >= 0.3 is 5.91 Å². The molecule has 8 heteroatoms. The van der Waals surface area contributed by atoms with Gasteiger partial charge in [0.1, 0.15) is 0 Å². The number of carbonyl (C=O) groups excluding carboxylic acids is 2. The highest BCUT2D eigenvalue weighted by atomic mass is 19.1. The number of carbonyl (C=O) groups is 2. The molecule has 0 aliphatic carbocycles. The third-order valence-electron chi connectivity index (χ3n) is 4.05. The Morgan fingerprint density at radius 3 is 2.62 bits per heavy atom. The predicted octanol–water partition coefficient (Wildman–Crippen LogP) is 2.68. The second-order valence-electron chi connectivity index (χ2n) is 5.65. The zero-order valence-electron chi connectivity index (χ0n) is 13.6. The SMILES string of the molecule is Cc1c(C(=O)NNC(=O)c2ccc3c(c2)OCO3)oc2c(F)cccc12. The number of fused-ring (bicyclic) bond motifs is 2. The van der Waals surface area contributed by atoms with E-state index in [0.717, 1.165) is 0 Å². The Morgan fingerprint density at radius 2 is 1.81 bits per heavy atom. The van der Waals surface area contributed by atoms with Gasteiger partial charge in [-0.2, -0.15) is 0 Å². The van der Waals surface area contributed by atoms with E-state index in [1.165, 1.54) is 24.3 Å². The number of furan rings is 1. The van der Waals surface area contributed by atoms with E-state index in [1.807, 2.05) is 0 Å². The molecule has 0 bridgehead atoms. The van der Waals surface area contributed by atoms with Crippen molar-refractivity contribution in [3.05, 3.63) is 59.1 Å². The van der Waals surface area contributed by atoms with Crippen molar-refractivity contribution in [2.75, 3.05) is 6.79 Å². The minimum absolute atomic E-state index is 0.00255. The number of ether oxygens (including phenoxy) is 2. The van der Waals surface area contributed by atoms with Crippen LogP contribution in [0.15, 0.2) is 40.8 Å². The molecule has 1 aliphatic rings. The van der Waals surface area contributed by atoms with E-state index in [4.69, 9.17) is 13.9 Å². The van der Waals surface area contributed by atoms with Gasteiger partial charge in [-0.1, -0.05) is 12.1 Å². The predicted molar refractivity (Wildman–Crippen MR) is 88.4 cm³/mol. The summed E-state index contributed by atoms with van der Waals surface area (Å²) in [6.45, 7) is 1.73. The van der Waals surface area contributed by atoms with Crippen molar-refractivity contribution in [3.8, 4) is 11.5 Å². The highest BCUT2D eigenvalue weighted by molar-refractivity contribution is 6.01. The normalized spacial score (nSPS) is 12.2. The van der Waals surface area contributed by atoms with Crippen LogP contribution < -0.4 is 20.3 Å². The number of nitrogens with one attached hydrogen (secondary N) is 2. The maximum absolute atomic E-state index is 13.8. The molecule has 0 saturated carbocycles. The lowest BCUT2D eigenvalue weighted by molar-refractivity contribution is 0.0831. The minimum Gasteiger partial charge on any atom is -0.454 e. The summed E-state index contributed by atoms with van der Waals surface area (Å²) in [6.07, 6.45) is 0. The summed E-state index contributed by atoms with van der Waals surface area (Å²) in [5, 5.41) is 0.497. The average Bonchev–Trinajstić information content (AvgIpc) is 3.24. The van der Waals surface area contributed by atoms with Crippen LogP contribution in [0.4, 0.5) is 4.39 Å². The monoisotopic (exact) mass is 356 g/mol. The molecule has 0 saturated heterocycles. The van der Waals surface area contributed by atoms with Gasteiger partial charge in [0.25, 0.3) is 5.91 Å². The van der Waals surface area contributed by atoms with Crippen LogP contribution in [0, 0.1) is 12.7 Å². The molecule has 2 aromatic carbocycles. The van der Waals surface area contributed by atoms with Gasteiger partial charge in [-0.15, -0.1) is 0 Å². The molecule has 26 heavy (non-hydrogen) atoms. The van der Waals surface area contributed by atoms with Gasteiger partial charge in [0, 0.05) is 16.5 Å². The van der Waals surface area contributed by atoms with E-state index in [1.54, 1.807) is 19.1 Å². The van der Waals surface area contributed by atoms with Crippen LogP contribution in [0.25, 0.3) is 11.0 Å². The van der Waals surface area contributed by atoms with Crippen LogP contribution in [0.3, 0.4) is 0 Å². The van der Waals surface area contributed by atoms with Crippen LogP contribution in [-0.2, 0) is 0 Å². The third-order valence-corrected chi connectivity index (χ3v) is 4.05. The number of hydrogen-bond acceptors (Lipinski definition) is 5. The van der Waals surface area contributed by atoms with Crippen molar-refractivity contribution in [3.63, 3.8) is 0 Å². The first-order valence-corrected chi connectivity index (χ1v) is 7.72. The molecule has 0 unspecified atom stereocenters. The van der Waals surface area contributed by atoms with Gasteiger partial charge in [0.05, 0.1) is 0 Å². The van der Waals surface area contributed by atoms with E-state index < -0.39 is 17.6 Å². The number of hydrogen-bond donors (Lipinski definition) is 2. The van der Waals surface area contributed by atoms with Gasteiger partial charge in [-0.05, 0) is 31.2 Å². The number of hydrazine groups is 1. The molecule has 2 N–H and O–H groups in total. The summed E-state index contributed by atoms with van der Waals surface area (Å²) in [7, 11) is 0. The van der Waals surface area contributed by atoms with Crippen LogP contribution in [0.5, 0.6) is 11.5 Å². The van der Waals surface area contributed by atoms with Crippen molar-refractivity contribution >= 4 is 22.8 Å². The van der Waals surface area contributed by atoms with Crippen molar-refractivity contribution in [1.82, 2.24) is 10.9 Å². The Balaban J connectivity index is 1.49. The van der Waals surface area contributed by atoms with Crippen molar-refractivity contribution in [2.24, 2.45) is 0 Å². The number of aryl methyl sites for hydroxylation is 1. The van der Waals surface area contributed by atoms with E-state index in [0.29, 0.717) is 22.4 Å². The van der Waals surface area contributed by atoms with E-state index >= 15 is 0 Å². The molecule has 4 rings (SSSR count). The van der Waals surface area contributed by atoms with Crippen LogP contribution in [0.2, 0.25) is 0 Å². The van der Waals surface area contributed by atoms with Gasteiger partial charge in [-0.25, -0.2) is 4.39 Å². The van der Waals surface area contributed by atoms with Gasteiger partial charge in [0.15, 0.2) is 28.7 Å². The fourth-order valence-corrected chi connectivity index (χ4v) is 2.71. The van der Waals surface area contributed by atoms with Crippen molar-refractivity contribution in [1.29, 1.82) is 0 Å². The molecule has 7 nitrogen and oxygen atoms in total. The van der Waals surface area contributed by atoms with Crippen LogP contribution in [0.1, 0.15) is 26.5 Å². The fourth-order valence-electron chi connectivity index (χ4n) is 2.71. The number of benzene rings is 2. The summed E-state index contributed by atoms with van der Waals surface area (Å²) in [5.41, 5.74) is 5.30. The van der Waals surface area contributed by atoms with Crippen molar-refractivity contribution in [2.45, 2.75) is 6.92 Å². The zero-order chi connectivity index (χ0) is 18.3. The quantitative estimate of drug-likeness (QED) is 0.689. The first kappa shape index (κ1) is 15.9. The highest BCUT2D eigenvalue weighted by Crippen LogP contribution is 2.32. The van der Waals surface area contributed by atoms with Gasteiger partial charge < -0.3 is 13.9 Å². The largest absolute Gasteiger partial charge is 0.454 e. The molecule has 1 aliphatic heterocycles. The third kappa shape index (κ3) is 2.61. The van der Waals surface area contributed by atoms with Crippen LogP contribution >= 0.6 is 0 Å². The molecule has 3 aromatic rings. The first-order valence-electron chi connectivity index (χ1n) is 7.72. The lowest BCUT2D eigenvalue weighted by Crippen LogP contribution is -2.41. The van der Waals surface area contributed by atoms with Crippen molar-refractivity contribution < 1.29 is 27.9 Å². The standard InChI is InChI=1S/C18H13FN2O5/c1-9-11-3-2-4-12(19)16(11)26-15(9)18(23)21-20-17(22)10-5-6-13-14(7-10)25-8-24-13/h2-7H,8H2,1H3,(H,20,22)(H,21,23). The summed E-state index contributed by atoms with van der Waals surface area (Å²) in [6, 6.07) is 9.07. The Labute approximate surface area is 146 Å². The summed E-state index contributed by atoms with van der Waals surface area (Å²) in [5.74, 6) is -0.869. The van der Waals surface area contributed by atoms with E-state index in [2.05, 4.69) is 10.9 Å². The molecular formula is C18H13FN2O5. The average molecular weight is 356 g/mol. The topological polar surface area (TPSA) is 89.8 Å². The molecule has 0 spiro atoms. The van der Waals surface area contributed by atoms with Crippen LogP contribution in [-0.4, -0.2) is 18.6 Å². The number of rotatable bonds is 2. The van der Waals surface area contributed by atoms with E-state index in [9.17, 15) is 14.0 Å².